The Morgan fingerprint density at radius 2 is 0.966 bits per heavy atom. The molecule has 1 heterocycles. The van der Waals surface area contributed by atoms with E-state index < -0.39 is 49.5 Å². The highest BCUT2D eigenvalue weighted by Crippen LogP contribution is 2.23. The van der Waals surface area contributed by atoms with Crippen LogP contribution in [-0.2, 0) is 14.3 Å². The number of hydrogen-bond acceptors (Lipinski definition) is 8. The molecule has 0 radical (unpaired) electrons. The Morgan fingerprint density at radius 3 is 1.42 bits per heavy atom. The summed E-state index contributed by atoms with van der Waals surface area (Å²) >= 11 is 0. The van der Waals surface area contributed by atoms with Crippen LogP contribution in [0.4, 0.5) is 0 Å². The molecule has 1 fully saturated rings. The van der Waals surface area contributed by atoms with Gasteiger partial charge in [-0.3, -0.25) is 4.79 Å². The molecule has 0 aromatic carbocycles. The van der Waals surface area contributed by atoms with Gasteiger partial charge in [-0.15, -0.1) is 0 Å². The van der Waals surface area contributed by atoms with E-state index >= 15 is 0 Å². The Labute approximate surface area is 362 Å². The molecule has 0 aromatic heterocycles. The normalized spacial score (nSPS) is 20.8. The van der Waals surface area contributed by atoms with Gasteiger partial charge in [0.25, 0.3) is 0 Å². The van der Waals surface area contributed by atoms with Crippen molar-refractivity contribution in [2.75, 3.05) is 13.2 Å². The van der Waals surface area contributed by atoms with E-state index in [1.165, 1.54) is 173 Å². The Morgan fingerprint density at radius 1 is 0.559 bits per heavy atom. The molecule has 7 atom stereocenters. The summed E-state index contributed by atoms with van der Waals surface area (Å²) in [6, 6.07) is -0.816. The number of aliphatic hydroxyl groups is 5. The van der Waals surface area contributed by atoms with Gasteiger partial charge < -0.3 is 40.3 Å². The molecule has 0 saturated carbocycles. The lowest BCUT2D eigenvalue weighted by molar-refractivity contribution is -0.302. The lowest BCUT2D eigenvalue weighted by atomic mass is 9.99. The number of unbranched alkanes of at least 4 members (excludes halogenated alkanes) is 30. The number of carbonyl (C=O) groups excluding carboxylic acids is 1. The third-order valence-electron chi connectivity index (χ3n) is 12.0. The molecule has 0 aliphatic carbocycles. The highest BCUT2D eigenvalue weighted by atomic mass is 16.7. The van der Waals surface area contributed by atoms with Crippen molar-refractivity contribution in [2.24, 2.45) is 0 Å². The number of amides is 1. The van der Waals surface area contributed by atoms with Gasteiger partial charge in [0, 0.05) is 6.42 Å². The minimum Gasteiger partial charge on any atom is -0.394 e. The maximum absolute atomic E-state index is 13.0. The Kier molecular flexibility index (Phi) is 38.4. The maximum atomic E-state index is 13.0. The zero-order valence-electron chi connectivity index (χ0n) is 38.3. The van der Waals surface area contributed by atoms with Gasteiger partial charge in [0.1, 0.15) is 24.4 Å². The first-order chi connectivity index (χ1) is 28.8. The van der Waals surface area contributed by atoms with Gasteiger partial charge in [-0.2, -0.15) is 0 Å². The molecule has 6 N–H and O–H groups in total. The fourth-order valence-electron chi connectivity index (χ4n) is 8.00. The van der Waals surface area contributed by atoms with Crippen molar-refractivity contribution >= 4 is 5.91 Å². The zero-order valence-corrected chi connectivity index (χ0v) is 38.3. The van der Waals surface area contributed by atoms with Gasteiger partial charge in [0.15, 0.2) is 6.29 Å². The van der Waals surface area contributed by atoms with E-state index in [2.05, 4.69) is 31.3 Å². The third-order valence-corrected chi connectivity index (χ3v) is 12.0. The predicted octanol–water partition coefficient (Wildman–Crippen LogP) is 11.1. The second kappa shape index (κ2) is 40.7. The van der Waals surface area contributed by atoms with Crippen molar-refractivity contribution in [1.82, 2.24) is 5.32 Å². The number of nitrogens with one attached hydrogen (secondary N) is 1. The topological polar surface area (TPSA) is 149 Å². The molecule has 348 valence electrons. The molecular weight excluding hydrogens is 743 g/mol. The van der Waals surface area contributed by atoms with Crippen molar-refractivity contribution in [3.8, 4) is 0 Å². The van der Waals surface area contributed by atoms with Crippen LogP contribution in [0.25, 0.3) is 0 Å². The van der Waals surface area contributed by atoms with Gasteiger partial charge in [0.2, 0.25) is 5.91 Å². The van der Waals surface area contributed by atoms with Crippen LogP contribution in [0.3, 0.4) is 0 Å². The zero-order chi connectivity index (χ0) is 43.0. The summed E-state index contributed by atoms with van der Waals surface area (Å²) in [5.41, 5.74) is 0. The van der Waals surface area contributed by atoms with Crippen molar-refractivity contribution < 1.29 is 39.8 Å². The molecule has 7 unspecified atom stereocenters. The van der Waals surface area contributed by atoms with Crippen molar-refractivity contribution in [3.05, 3.63) is 24.3 Å². The molecule has 0 spiro atoms. The summed E-state index contributed by atoms with van der Waals surface area (Å²) in [4.78, 5) is 13.0. The Hall–Kier alpha value is -1.33. The lowest BCUT2D eigenvalue weighted by Crippen LogP contribution is -2.60. The second-order valence-electron chi connectivity index (χ2n) is 17.6. The third kappa shape index (κ3) is 31.2. The van der Waals surface area contributed by atoms with E-state index in [1.54, 1.807) is 6.08 Å². The highest BCUT2D eigenvalue weighted by Gasteiger charge is 2.44. The Bertz CT molecular complexity index is 977. The van der Waals surface area contributed by atoms with E-state index in [-0.39, 0.29) is 12.5 Å². The number of carbonyl (C=O) groups is 1. The number of allylic oxidation sites excluding steroid dienone is 3. The number of hydrogen-bond donors (Lipinski definition) is 6. The SMILES string of the molecule is CCCCCCCC/C=C/CC/C=C/C(O)C(COC1OC(CO)C(O)C(O)C1O)NC(=O)CCCCCCCCCCCCCCCCCCCCCCCCCC. The minimum absolute atomic E-state index is 0.184. The molecule has 1 amide bonds. The minimum atomic E-state index is -1.57. The van der Waals surface area contributed by atoms with Crippen molar-refractivity contribution in [3.63, 3.8) is 0 Å². The molecule has 9 heteroatoms. The van der Waals surface area contributed by atoms with Gasteiger partial charge in [-0.1, -0.05) is 218 Å². The summed E-state index contributed by atoms with van der Waals surface area (Å²) in [6.45, 7) is 3.75. The monoisotopic (exact) mass is 838 g/mol. The number of ether oxygens (including phenoxy) is 2. The lowest BCUT2D eigenvalue weighted by Gasteiger charge is -2.40. The van der Waals surface area contributed by atoms with Gasteiger partial charge in [-0.25, -0.2) is 0 Å². The molecular formula is C50H95NO8. The van der Waals surface area contributed by atoms with Crippen LogP contribution in [0.2, 0.25) is 0 Å². The Balaban J connectivity index is 2.23. The van der Waals surface area contributed by atoms with Crippen LogP contribution in [0.5, 0.6) is 0 Å². The van der Waals surface area contributed by atoms with Gasteiger partial charge in [0.05, 0.1) is 25.4 Å². The fraction of sp³-hybridized carbons (Fsp3) is 0.900. The first kappa shape index (κ1) is 55.7. The largest absolute Gasteiger partial charge is 0.394 e. The molecule has 1 aliphatic heterocycles. The summed E-state index contributed by atoms with van der Waals surface area (Å²) in [6.07, 6.45) is 42.4. The van der Waals surface area contributed by atoms with Crippen LogP contribution < -0.4 is 5.32 Å². The molecule has 1 rings (SSSR count). The average molecular weight is 838 g/mol. The molecule has 1 saturated heterocycles. The molecule has 1 aliphatic rings. The molecule has 0 bridgehead atoms. The summed E-state index contributed by atoms with van der Waals surface area (Å²) in [7, 11) is 0. The van der Waals surface area contributed by atoms with Crippen molar-refractivity contribution in [2.45, 2.75) is 275 Å². The second-order valence-corrected chi connectivity index (χ2v) is 17.6. The fourth-order valence-corrected chi connectivity index (χ4v) is 8.00. The molecule has 0 aromatic rings. The first-order valence-electron chi connectivity index (χ1n) is 25.1. The highest BCUT2D eigenvalue weighted by molar-refractivity contribution is 5.76. The van der Waals surface area contributed by atoms with E-state index in [0.717, 1.165) is 38.5 Å². The molecule has 9 nitrogen and oxygen atoms in total. The summed E-state index contributed by atoms with van der Waals surface area (Å²) in [5.74, 6) is -0.184. The van der Waals surface area contributed by atoms with Gasteiger partial charge in [-0.05, 0) is 32.1 Å². The summed E-state index contributed by atoms with van der Waals surface area (Å²) in [5, 5.41) is 54.2. The van der Waals surface area contributed by atoms with E-state index in [0.29, 0.717) is 6.42 Å². The first-order valence-corrected chi connectivity index (χ1v) is 25.1. The number of aliphatic hydroxyl groups excluding tert-OH is 5. The van der Waals surface area contributed by atoms with Crippen LogP contribution in [-0.4, -0.2) is 87.5 Å². The summed E-state index contributed by atoms with van der Waals surface area (Å²) < 4.78 is 11.2. The van der Waals surface area contributed by atoms with Crippen LogP contribution in [0.1, 0.15) is 232 Å². The average Bonchev–Trinajstić information content (AvgIpc) is 3.23. The van der Waals surface area contributed by atoms with Gasteiger partial charge >= 0.3 is 0 Å². The van der Waals surface area contributed by atoms with E-state index in [1.807, 2.05) is 6.08 Å². The van der Waals surface area contributed by atoms with Crippen LogP contribution in [0, 0.1) is 0 Å². The molecule has 59 heavy (non-hydrogen) atoms. The maximum Gasteiger partial charge on any atom is 0.220 e. The predicted molar refractivity (Wildman–Crippen MR) is 244 cm³/mol. The van der Waals surface area contributed by atoms with Crippen LogP contribution in [0.15, 0.2) is 24.3 Å². The van der Waals surface area contributed by atoms with E-state index in [9.17, 15) is 30.3 Å². The quantitative estimate of drug-likeness (QED) is 0.0263. The van der Waals surface area contributed by atoms with Crippen LogP contribution >= 0.6 is 0 Å². The smallest absolute Gasteiger partial charge is 0.220 e. The van der Waals surface area contributed by atoms with Crippen molar-refractivity contribution in [1.29, 1.82) is 0 Å². The standard InChI is InChI=1S/C50H95NO8/c1-3-5-7-9-11-13-15-17-18-19-20-21-22-23-24-25-26-27-28-30-32-34-36-38-40-46(54)51-43(42-58-50-49(57)48(56)47(55)45(41-52)59-50)44(53)39-37-35-33-31-29-16-14-12-10-8-6-4-2/h29,31,37,39,43-45,47-50,52-53,55-57H,3-28,30,32-36,38,40-42H2,1-2H3,(H,51,54)/b31-29+,39-37+. The van der Waals surface area contributed by atoms with E-state index in [4.69, 9.17) is 9.47 Å². The number of rotatable bonds is 42.